The highest BCUT2D eigenvalue weighted by molar-refractivity contribution is 5.82. The lowest BCUT2D eigenvalue weighted by Gasteiger charge is -2.25. The molecule has 2 amide bonds. The lowest BCUT2D eigenvalue weighted by Crippen LogP contribution is -2.40. The molecule has 0 unspecified atom stereocenters. The van der Waals surface area contributed by atoms with E-state index in [0.29, 0.717) is 19.5 Å². The summed E-state index contributed by atoms with van der Waals surface area (Å²) < 4.78 is 17.0. The molecule has 1 aromatic heterocycles. The maximum Gasteiger partial charge on any atom is 0.410 e. The molecule has 0 saturated carbocycles. The van der Waals surface area contributed by atoms with Crippen LogP contribution in [0.5, 0.6) is 0 Å². The number of amides is 2. The van der Waals surface area contributed by atoms with Crippen LogP contribution in [-0.4, -0.2) is 58.7 Å². The predicted octanol–water partition coefficient (Wildman–Crippen LogP) is 1.36. The van der Waals surface area contributed by atoms with Gasteiger partial charge in [-0.25, -0.2) is 9.18 Å². The molecule has 3 heterocycles. The summed E-state index contributed by atoms with van der Waals surface area (Å²) in [5.41, 5.74) is 0.968. The number of fused-ring (bicyclic) bond motifs is 1. The first-order valence-electron chi connectivity index (χ1n) is 7.38. The number of ether oxygens (including phenoxy) is 1. The second kappa shape index (κ2) is 6.29. The van der Waals surface area contributed by atoms with Crippen molar-refractivity contribution in [3.8, 4) is 0 Å². The van der Waals surface area contributed by atoms with Gasteiger partial charge in [0.15, 0.2) is 0 Å². The maximum atomic E-state index is 12.2. The normalized spacial score (nSPS) is 23.8. The van der Waals surface area contributed by atoms with Crippen LogP contribution >= 0.6 is 0 Å². The average Bonchev–Trinajstić information content (AvgIpc) is 3.06. The van der Waals surface area contributed by atoms with Gasteiger partial charge in [-0.1, -0.05) is 6.07 Å². The summed E-state index contributed by atoms with van der Waals surface area (Å²) in [4.78, 5) is 31.6. The first kappa shape index (κ1) is 14.7. The van der Waals surface area contributed by atoms with Crippen molar-refractivity contribution >= 4 is 12.0 Å². The average molecular weight is 307 g/mol. The summed E-state index contributed by atoms with van der Waals surface area (Å²) in [6.07, 6.45) is 3.93. The van der Waals surface area contributed by atoms with Crippen LogP contribution in [0.4, 0.5) is 9.18 Å². The van der Waals surface area contributed by atoms with Crippen molar-refractivity contribution in [2.75, 3.05) is 19.8 Å². The number of carbonyl (C=O) groups excluding carboxylic acids is 2. The van der Waals surface area contributed by atoms with Gasteiger partial charge in [-0.3, -0.25) is 9.78 Å². The zero-order chi connectivity index (χ0) is 15.5. The highest BCUT2D eigenvalue weighted by Crippen LogP contribution is 2.33. The Hall–Kier alpha value is -2.18. The molecular weight excluding hydrogens is 289 g/mol. The molecule has 0 spiro atoms. The van der Waals surface area contributed by atoms with Gasteiger partial charge in [-0.15, -0.1) is 0 Å². The second-order valence-electron chi connectivity index (χ2n) is 5.51. The van der Waals surface area contributed by atoms with Gasteiger partial charge >= 0.3 is 6.09 Å². The van der Waals surface area contributed by atoms with Crippen LogP contribution in [-0.2, 0) is 16.1 Å². The molecule has 0 N–H and O–H groups in total. The fraction of sp³-hybridized carbons (Fsp3) is 0.533. The monoisotopic (exact) mass is 307 g/mol. The fourth-order valence-electron chi connectivity index (χ4n) is 3.26. The molecule has 6 nitrogen and oxygen atoms in total. The van der Waals surface area contributed by atoms with E-state index in [0.717, 1.165) is 12.0 Å². The number of hydrogen-bond donors (Lipinski definition) is 0. The molecule has 2 fully saturated rings. The Morgan fingerprint density at radius 3 is 3.05 bits per heavy atom. The third-order valence-corrected chi connectivity index (χ3v) is 4.23. The van der Waals surface area contributed by atoms with Gasteiger partial charge in [0.05, 0.1) is 12.1 Å². The molecule has 3 rings (SSSR count). The van der Waals surface area contributed by atoms with Crippen LogP contribution in [0.15, 0.2) is 24.5 Å². The molecular formula is C15H18FN3O3. The molecule has 7 heteroatoms. The first-order valence-corrected chi connectivity index (χ1v) is 7.38. The molecule has 2 aliphatic heterocycles. The molecule has 2 aliphatic rings. The third kappa shape index (κ3) is 2.75. The van der Waals surface area contributed by atoms with E-state index in [4.69, 9.17) is 4.74 Å². The van der Waals surface area contributed by atoms with E-state index in [1.165, 1.54) is 0 Å². The van der Waals surface area contributed by atoms with Gasteiger partial charge in [-0.2, -0.15) is 0 Å². The van der Waals surface area contributed by atoms with E-state index in [1.54, 1.807) is 17.3 Å². The zero-order valence-electron chi connectivity index (χ0n) is 12.2. The Morgan fingerprint density at radius 2 is 2.32 bits per heavy atom. The van der Waals surface area contributed by atoms with Crippen molar-refractivity contribution < 1.29 is 18.7 Å². The van der Waals surface area contributed by atoms with Crippen molar-refractivity contribution in [2.45, 2.75) is 31.5 Å². The van der Waals surface area contributed by atoms with E-state index < -0.39 is 12.8 Å². The summed E-state index contributed by atoms with van der Waals surface area (Å²) in [5.74, 6) is 0.0295. The van der Waals surface area contributed by atoms with Crippen LogP contribution in [0.3, 0.4) is 0 Å². The molecule has 22 heavy (non-hydrogen) atoms. The van der Waals surface area contributed by atoms with E-state index in [-0.39, 0.29) is 24.6 Å². The summed E-state index contributed by atoms with van der Waals surface area (Å²) in [5, 5.41) is 0. The summed E-state index contributed by atoms with van der Waals surface area (Å²) in [6, 6.07) is 3.60. The minimum absolute atomic E-state index is 0.00522. The lowest BCUT2D eigenvalue weighted by molar-refractivity contribution is -0.129. The number of likely N-dealkylation sites (tertiary alicyclic amines) is 2. The van der Waals surface area contributed by atoms with Crippen LogP contribution in [0.2, 0.25) is 0 Å². The number of nitrogens with zero attached hydrogens (tertiary/aromatic N) is 3. The number of aromatic nitrogens is 1. The van der Waals surface area contributed by atoms with E-state index in [2.05, 4.69) is 4.98 Å². The van der Waals surface area contributed by atoms with Crippen molar-refractivity contribution in [2.24, 2.45) is 0 Å². The molecule has 0 radical (unpaired) electrons. The van der Waals surface area contributed by atoms with Crippen molar-refractivity contribution in [3.05, 3.63) is 30.1 Å². The number of hydrogen-bond acceptors (Lipinski definition) is 4. The van der Waals surface area contributed by atoms with Gasteiger partial charge in [0.2, 0.25) is 5.91 Å². The van der Waals surface area contributed by atoms with Gasteiger partial charge in [0, 0.05) is 31.9 Å². The van der Waals surface area contributed by atoms with E-state index in [1.807, 2.05) is 17.0 Å². The topological polar surface area (TPSA) is 62.7 Å². The Bertz CT molecular complexity index is 554. The quantitative estimate of drug-likeness (QED) is 0.842. The highest BCUT2D eigenvalue weighted by Gasteiger charge is 2.48. The third-order valence-electron chi connectivity index (χ3n) is 4.23. The zero-order valence-corrected chi connectivity index (χ0v) is 12.2. The smallest absolute Gasteiger partial charge is 0.410 e. The summed E-state index contributed by atoms with van der Waals surface area (Å²) in [6.45, 7) is 0.109. The number of alkyl halides is 1. The Labute approximate surface area is 127 Å². The molecule has 0 bridgehead atoms. The largest absolute Gasteiger partial charge is 0.447 e. The summed E-state index contributed by atoms with van der Waals surface area (Å²) >= 11 is 0. The molecule has 0 aliphatic carbocycles. The van der Waals surface area contributed by atoms with Crippen molar-refractivity contribution in [3.63, 3.8) is 0 Å². The lowest BCUT2D eigenvalue weighted by atomic mass is 10.1. The number of rotatable bonds is 4. The van der Waals surface area contributed by atoms with E-state index in [9.17, 15) is 14.0 Å². The number of halogens is 1. The molecule has 1 aromatic rings. The molecule has 2 atom stereocenters. The van der Waals surface area contributed by atoms with Crippen molar-refractivity contribution in [1.29, 1.82) is 0 Å². The fourth-order valence-corrected chi connectivity index (χ4v) is 3.26. The number of carbonyl (C=O) groups is 2. The molecule has 0 aromatic carbocycles. The Balaban J connectivity index is 1.67. The van der Waals surface area contributed by atoms with Gasteiger partial charge in [-0.05, 0) is 18.1 Å². The van der Waals surface area contributed by atoms with Crippen LogP contribution in [0.25, 0.3) is 0 Å². The van der Waals surface area contributed by atoms with Gasteiger partial charge < -0.3 is 14.5 Å². The second-order valence-corrected chi connectivity index (χ2v) is 5.51. The van der Waals surface area contributed by atoms with Crippen molar-refractivity contribution in [1.82, 2.24) is 14.8 Å². The summed E-state index contributed by atoms with van der Waals surface area (Å²) in [7, 11) is 0. The predicted molar refractivity (Wildman–Crippen MR) is 75.6 cm³/mol. The minimum Gasteiger partial charge on any atom is -0.447 e. The Morgan fingerprint density at radius 1 is 1.45 bits per heavy atom. The minimum atomic E-state index is -0.695. The molecule has 2 saturated heterocycles. The maximum absolute atomic E-state index is 12.2. The SMILES string of the molecule is O=C1C[C@H]2[C@H](CCN2C(=O)OCCF)N1Cc1cccnc1. The first-order chi connectivity index (χ1) is 10.7. The van der Waals surface area contributed by atoms with Crippen LogP contribution in [0.1, 0.15) is 18.4 Å². The number of pyridine rings is 1. The Kier molecular flexibility index (Phi) is 4.22. The highest BCUT2D eigenvalue weighted by atomic mass is 19.1. The van der Waals surface area contributed by atoms with Crippen LogP contribution < -0.4 is 0 Å². The van der Waals surface area contributed by atoms with Gasteiger partial charge in [0.25, 0.3) is 0 Å². The van der Waals surface area contributed by atoms with Gasteiger partial charge in [0.1, 0.15) is 13.3 Å². The molecule has 118 valence electrons. The van der Waals surface area contributed by atoms with Crippen LogP contribution in [0, 0.1) is 0 Å². The standard InChI is InChI=1S/C15H18FN3O3/c16-4-7-22-15(21)18-6-3-12-13(18)8-14(20)19(12)10-11-2-1-5-17-9-11/h1-2,5,9,12-13H,3-4,6-8,10H2/t12-,13-/m0/s1. The van der Waals surface area contributed by atoms with E-state index >= 15 is 0 Å².